The fourth-order valence-electron chi connectivity index (χ4n) is 8.65. The second kappa shape index (κ2) is 20.4. The molecular formula is C36H61BO8P4. The summed E-state index contributed by atoms with van der Waals surface area (Å²) in [5, 5.41) is 29.8. The summed E-state index contributed by atoms with van der Waals surface area (Å²) in [6, 6.07) is 21.0. The van der Waals surface area contributed by atoms with Crippen LogP contribution >= 0.6 is 37.2 Å². The van der Waals surface area contributed by atoms with E-state index in [1.165, 1.54) is 11.1 Å². The highest BCUT2D eigenvalue weighted by Crippen LogP contribution is 2.47. The molecule has 13 heteroatoms. The second-order valence-corrected chi connectivity index (χ2v) is 16.9. The van der Waals surface area contributed by atoms with E-state index >= 15 is 0 Å². The van der Waals surface area contributed by atoms with Crippen molar-refractivity contribution < 1.29 is 41.3 Å². The molecular weight excluding hydrogens is 695 g/mol. The smallest absolute Gasteiger partial charge is 0.336 e. The maximum Gasteiger partial charge on any atom is 0.336 e. The molecule has 2 aliphatic carbocycles. The Morgan fingerprint density at radius 1 is 0.673 bits per heavy atom. The van der Waals surface area contributed by atoms with Crippen LogP contribution < -0.4 is 0 Å². The van der Waals surface area contributed by atoms with Crippen molar-refractivity contribution >= 4 is 43.5 Å². The molecule has 0 bridgehead atoms. The molecule has 6 unspecified atom stereocenters. The van der Waals surface area contributed by atoms with E-state index in [0.29, 0.717) is 30.6 Å². The summed E-state index contributed by atoms with van der Waals surface area (Å²) in [6.07, 6.45) is 10.1. The van der Waals surface area contributed by atoms with Crippen LogP contribution in [0.2, 0.25) is 0 Å². The van der Waals surface area contributed by atoms with Gasteiger partial charge in [0.25, 0.3) is 0 Å². The van der Waals surface area contributed by atoms with Gasteiger partial charge < -0.3 is 38.5 Å². The Kier molecular flexibility index (Phi) is 16.7. The van der Waals surface area contributed by atoms with E-state index in [4.69, 9.17) is 23.2 Å². The molecule has 4 fully saturated rings. The first-order valence-electron chi connectivity index (χ1n) is 18.0. The quantitative estimate of drug-likeness (QED) is 0.130. The Morgan fingerprint density at radius 3 is 1.63 bits per heavy atom. The molecule has 2 aliphatic heterocycles. The zero-order chi connectivity index (χ0) is 34.8. The highest BCUT2D eigenvalue weighted by Gasteiger charge is 2.50. The summed E-state index contributed by atoms with van der Waals surface area (Å²) in [4.78, 5) is 0. The molecule has 2 saturated carbocycles. The van der Waals surface area contributed by atoms with E-state index < -0.39 is 12.6 Å². The molecule has 0 spiro atoms. The van der Waals surface area contributed by atoms with Crippen molar-refractivity contribution in [3.05, 3.63) is 71.8 Å². The van der Waals surface area contributed by atoms with Crippen LogP contribution in [-0.2, 0) is 36.0 Å². The third-order valence-corrected chi connectivity index (χ3v) is 12.2. The monoisotopic (exact) mass is 760 g/mol. The average Bonchev–Trinajstić information content (AvgIpc) is 3.81. The number of ether oxygens (including phenoxy) is 2. The summed E-state index contributed by atoms with van der Waals surface area (Å²) in [5.41, 5.74) is 2.68. The van der Waals surface area contributed by atoms with Crippen molar-refractivity contribution in [2.24, 2.45) is 23.7 Å². The van der Waals surface area contributed by atoms with Crippen molar-refractivity contribution in [3.63, 3.8) is 0 Å². The van der Waals surface area contributed by atoms with Gasteiger partial charge in [-0.2, -0.15) is 0 Å². The highest BCUT2D eigenvalue weighted by molar-refractivity contribution is 7.92. The molecule has 8 nitrogen and oxygen atoms in total. The van der Waals surface area contributed by atoms with Crippen LogP contribution in [-0.4, -0.2) is 70.9 Å². The second-order valence-electron chi connectivity index (χ2n) is 14.3. The average molecular weight is 761 g/mol. The molecule has 6 rings (SSSR count). The molecule has 49 heavy (non-hydrogen) atoms. The fraction of sp³-hybridized carbons (Fsp3) is 0.667. The predicted octanol–water partition coefficient (Wildman–Crippen LogP) is 6.61. The third kappa shape index (κ3) is 12.0. The molecule has 3 N–H and O–H groups in total. The van der Waals surface area contributed by atoms with Gasteiger partial charge in [-0.3, -0.25) is 0 Å². The Bertz CT molecular complexity index is 1230. The SMILES string of the molecule is OC1C[C@@H]2[C@@H](CC[C@H](CCc3ccccc3)OP)[C@H](O)C[C@@H]2O1.OC1C[C@@H]2[C@@H](CC[C@H](CCc3ccccc3)OP)[C@H](OB(P)P)C[C@@H]2O1.[3HH].[3HH]. The molecule has 2 aromatic rings. The normalized spacial score (nSPS) is 33.0. The van der Waals surface area contributed by atoms with Gasteiger partial charge in [-0.1, -0.05) is 60.7 Å². The van der Waals surface area contributed by atoms with Crippen molar-refractivity contribution in [3.8, 4) is 0 Å². The zero-order valence-electron chi connectivity index (χ0n) is 28.5. The van der Waals surface area contributed by atoms with E-state index in [-0.39, 0.29) is 51.7 Å². The van der Waals surface area contributed by atoms with E-state index in [2.05, 4.69) is 85.7 Å². The first-order valence-corrected chi connectivity index (χ1v) is 20.3. The molecule has 2 saturated heterocycles. The van der Waals surface area contributed by atoms with Gasteiger partial charge in [-0.25, -0.2) is 0 Å². The molecule has 16 atom stereocenters. The van der Waals surface area contributed by atoms with Crippen LogP contribution in [0.5, 0.6) is 0 Å². The Hall–Kier alpha value is -0.0951. The topological polar surface area (TPSA) is 107 Å². The van der Waals surface area contributed by atoms with E-state index in [1.807, 2.05) is 12.1 Å². The summed E-state index contributed by atoms with van der Waals surface area (Å²) in [5.74, 6) is 1.32. The molecule has 2 aromatic carbocycles. The molecule has 276 valence electrons. The van der Waals surface area contributed by atoms with Gasteiger partial charge >= 0.3 is 6.35 Å². The number of fused-ring (bicyclic) bond motifs is 2. The summed E-state index contributed by atoms with van der Waals surface area (Å²) >= 11 is 0. The van der Waals surface area contributed by atoms with Crippen molar-refractivity contribution in [2.45, 2.75) is 126 Å². The van der Waals surface area contributed by atoms with Gasteiger partial charge in [0.2, 0.25) is 0 Å². The minimum atomic E-state index is -0.646. The lowest BCUT2D eigenvalue weighted by molar-refractivity contribution is -0.0954. The van der Waals surface area contributed by atoms with Crippen molar-refractivity contribution in [1.29, 1.82) is 0 Å². The van der Waals surface area contributed by atoms with Gasteiger partial charge in [-0.15, -0.1) is 18.2 Å². The number of aliphatic hydroxyl groups excluding tert-OH is 3. The lowest BCUT2D eigenvalue weighted by Gasteiger charge is -2.27. The number of aliphatic hydroxyl groups is 3. The number of hydrogen-bond donors (Lipinski definition) is 3. The predicted molar refractivity (Wildman–Crippen MR) is 212 cm³/mol. The van der Waals surface area contributed by atoms with E-state index in [1.54, 1.807) is 0 Å². The lowest BCUT2D eigenvalue weighted by atomic mass is 9.86. The largest absolute Gasteiger partial charge is 0.425 e. The first kappa shape index (κ1) is 40.1. The number of hydrogen-bond acceptors (Lipinski definition) is 8. The number of benzene rings is 2. The molecule has 0 amide bonds. The Labute approximate surface area is 305 Å². The van der Waals surface area contributed by atoms with Crippen LogP contribution in [0.4, 0.5) is 0 Å². The van der Waals surface area contributed by atoms with Gasteiger partial charge in [0.1, 0.15) is 0 Å². The highest BCUT2D eigenvalue weighted by atomic mass is 31.1. The standard InChI is InChI=1S/C18H30BO4P3.C18H27O4P.2H2/c20-18-10-15-14(17(22-19(24)25)11-16(15)21-18)9-8-13(23-26)7-6-12-4-2-1-3-5-12;19-16-11-17-15(10-18(20)21-17)14(16)9-8-13(22-23)7-6-12-4-2-1-3-5-12;;/h1-5,13-18,20H,6-11,24-26H2;1-5,13-20H,6-11,23H2;2*1H/t13-,14+,15+,16-,17+,18?;13-,14+,15+,16+,17-,18?;;/m00../s1/i;;2*1+2. The summed E-state index contributed by atoms with van der Waals surface area (Å²) < 4.78 is 28.5. The number of aryl methyl sites for hydroxylation is 2. The van der Waals surface area contributed by atoms with E-state index in [9.17, 15) is 15.3 Å². The molecule has 2 heterocycles. The van der Waals surface area contributed by atoms with Gasteiger partial charge in [-0.05, 0) is 92.6 Å². The number of rotatable bonds is 16. The maximum absolute atomic E-state index is 10.3. The minimum Gasteiger partial charge on any atom is -0.425 e. The van der Waals surface area contributed by atoms with E-state index in [0.717, 1.165) is 64.2 Å². The summed E-state index contributed by atoms with van der Waals surface area (Å²) in [6.45, 7) is 0. The minimum absolute atomic E-state index is 0. The fourth-order valence-corrected chi connectivity index (χ4v) is 9.60. The zero-order valence-corrected chi connectivity index (χ0v) is 33.1. The van der Waals surface area contributed by atoms with Crippen molar-refractivity contribution in [2.75, 3.05) is 0 Å². The van der Waals surface area contributed by atoms with Crippen LogP contribution in [0.15, 0.2) is 60.7 Å². The van der Waals surface area contributed by atoms with Gasteiger partial charge in [0.05, 0.1) is 30.5 Å². The van der Waals surface area contributed by atoms with Gasteiger partial charge in [0.15, 0.2) is 12.6 Å². The summed E-state index contributed by atoms with van der Waals surface area (Å²) in [7, 11) is 10.2. The lowest BCUT2D eigenvalue weighted by Crippen LogP contribution is -2.27. The van der Waals surface area contributed by atoms with Gasteiger partial charge in [0, 0.05) is 47.2 Å². The van der Waals surface area contributed by atoms with Crippen LogP contribution in [0, 0.1) is 23.7 Å². The Morgan fingerprint density at radius 2 is 1.14 bits per heavy atom. The first-order chi connectivity index (χ1) is 23.7. The van der Waals surface area contributed by atoms with Crippen LogP contribution in [0.1, 0.15) is 78.2 Å². The molecule has 0 aromatic heterocycles. The third-order valence-electron chi connectivity index (χ3n) is 11.1. The van der Waals surface area contributed by atoms with Crippen LogP contribution in [0.25, 0.3) is 0 Å². The molecule has 0 radical (unpaired) electrons. The van der Waals surface area contributed by atoms with Crippen LogP contribution in [0.3, 0.4) is 0 Å². The Balaban J connectivity index is 0.000000267. The maximum atomic E-state index is 10.3. The van der Waals surface area contributed by atoms with Crippen molar-refractivity contribution in [1.82, 2.24) is 0 Å². The molecule has 4 aliphatic rings.